The van der Waals surface area contributed by atoms with E-state index in [4.69, 9.17) is 15.1 Å². The third-order valence-corrected chi connectivity index (χ3v) is 3.04. The first-order chi connectivity index (χ1) is 9.54. The molecule has 1 aliphatic heterocycles. The molecule has 20 heavy (non-hydrogen) atoms. The third kappa shape index (κ3) is 2.53. The number of hydrogen-bond donors (Lipinski definition) is 1. The Morgan fingerprint density at radius 1 is 1.60 bits per heavy atom. The second-order valence-corrected chi connectivity index (χ2v) is 4.19. The maximum absolute atomic E-state index is 11.2. The van der Waals surface area contributed by atoms with Gasteiger partial charge in [-0.15, -0.1) is 0 Å². The molecule has 2 rings (SSSR count). The van der Waals surface area contributed by atoms with E-state index in [0.29, 0.717) is 18.8 Å². The van der Waals surface area contributed by atoms with Crippen molar-refractivity contribution in [3.8, 4) is 6.07 Å². The molecule has 8 nitrogen and oxygen atoms in total. The Balaban J connectivity index is 2.41. The van der Waals surface area contributed by atoms with Crippen LogP contribution in [0.4, 0.5) is 11.4 Å². The van der Waals surface area contributed by atoms with Crippen LogP contribution in [0.25, 0.3) is 0 Å². The number of aliphatic carboxylic acids is 1. The summed E-state index contributed by atoms with van der Waals surface area (Å²) in [5.74, 6) is -1.06. The molecule has 0 amide bonds. The zero-order valence-electron chi connectivity index (χ0n) is 10.4. The van der Waals surface area contributed by atoms with Gasteiger partial charge < -0.3 is 14.7 Å². The second kappa shape index (κ2) is 5.54. The molecule has 0 aliphatic carbocycles. The maximum atomic E-state index is 11.2. The molecule has 104 valence electrons. The standard InChI is InChI=1S/C12H11N3O5/c13-6-8-1-2-9(5-10(8)15(18)19)14-3-4-20-7-11(14)12(16)17/h1-2,5,11H,3-4,7H2,(H,16,17). The van der Waals surface area contributed by atoms with E-state index in [9.17, 15) is 14.9 Å². The molecule has 1 unspecified atom stereocenters. The largest absolute Gasteiger partial charge is 0.480 e. The van der Waals surface area contributed by atoms with Crippen LogP contribution in [-0.2, 0) is 9.53 Å². The first-order valence-corrected chi connectivity index (χ1v) is 5.80. The van der Waals surface area contributed by atoms with Crippen LogP contribution in [0.15, 0.2) is 18.2 Å². The lowest BCUT2D eigenvalue weighted by Gasteiger charge is -2.34. The van der Waals surface area contributed by atoms with Gasteiger partial charge in [0.25, 0.3) is 5.69 Å². The topological polar surface area (TPSA) is 117 Å². The number of morpholine rings is 1. The Labute approximate surface area is 113 Å². The van der Waals surface area contributed by atoms with E-state index in [0.717, 1.165) is 0 Å². The predicted molar refractivity (Wildman–Crippen MR) is 67.4 cm³/mol. The van der Waals surface area contributed by atoms with Gasteiger partial charge in [-0.05, 0) is 12.1 Å². The molecule has 0 radical (unpaired) electrons. The summed E-state index contributed by atoms with van der Waals surface area (Å²) in [7, 11) is 0. The van der Waals surface area contributed by atoms with Crippen molar-refractivity contribution in [1.29, 1.82) is 5.26 Å². The number of ether oxygens (including phenoxy) is 1. The molecule has 1 aromatic rings. The third-order valence-electron chi connectivity index (χ3n) is 3.04. The number of nitro benzene ring substituents is 1. The summed E-state index contributed by atoms with van der Waals surface area (Å²) in [5.41, 5.74) is 0.00548. The Kier molecular flexibility index (Phi) is 3.81. The van der Waals surface area contributed by atoms with Gasteiger partial charge in [0.15, 0.2) is 6.04 Å². The average Bonchev–Trinajstić information content (AvgIpc) is 2.46. The van der Waals surface area contributed by atoms with Crippen molar-refractivity contribution in [3.63, 3.8) is 0 Å². The van der Waals surface area contributed by atoms with E-state index in [1.54, 1.807) is 6.07 Å². The molecule has 1 aliphatic rings. The van der Waals surface area contributed by atoms with Crippen molar-refractivity contribution in [2.24, 2.45) is 0 Å². The van der Waals surface area contributed by atoms with Gasteiger partial charge in [0.05, 0.1) is 18.1 Å². The number of anilines is 1. The lowest BCUT2D eigenvalue weighted by Crippen LogP contribution is -2.50. The highest BCUT2D eigenvalue weighted by Gasteiger charge is 2.30. The number of carboxylic acids is 1. The van der Waals surface area contributed by atoms with Crippen LogP contribution in [-0.4, -0.2) is 41.8 Å². The quantitative estimate of drug-likeness (QED) is 0.640. The fraction of sp³-hybridized carbons (Fsp3) is 0.333. The number of carbonyl (C=O) groups is 1. The molecule has 1 aromatic carbocycles. The summed E-state index contributed by atoms with van der Waals surface area (Å²) >= 11 is 0. The SMILES string of the molecule is N#Cc1ccc(N2CCOCC2C(=O)O)cc1[N+](=O)[O-]. The van der Waals surface area contributed by atoms with Gasteiger partial charge in [0, 0.05) is 18.3 Å². The number of nitro groups is 1. The van der Waals surface area contributed by atoms with Crippen LogP contribution >= 0.6 is 0 Å². The van der Waals surface area contributed by atoms with Crippen LogP contribution in [0, 0.1) is 21.4 Å². The van der Waals surface area contributed by atoms with E-state index >= 15 is 0 Å². The molecule has 0 bridgehead atoms. The molecule has 1 saturated heterocycles. The van der Waals surface area contributed by atoms with E-state index in [1.807, 2.05) is 0 Å². The highest BCUT2D eigenvalue weighted by atomic mass is 16.6. The normalized spacial score (nSPS) is 18.4. The number of benzene rings is 1. The van der Waals surface area contributed by atoms with Crippen LogP contribution in [0.3, 0.4) is 0 Å². The minimum atomic E-state index is -1.06. The molecular weight excluding hydrogens is 266 g/mol. The summed E-state index contributed by atoms with van der Waals surface area (Å²) in [6.45, 7) is 0.681. The number of nitrogens with zero attached hydrogens (tertiary/aromatic N) is 3. The molecule has 1 fully saturated rings. The van der Waals surface area contributed by atoms with Crippen molar-refractivity contribution < 1.29 is 19.6 Å². The van der Waals surface area contributed by atoms with Crippen molar-refractivity contribution >= 4 is 17.3 Å². The van der Waals surface area contributed by atoms with Gasteiger partial charge in [0.1, 0.15) is 11.6 Å². The smallest absolute Gasteiger partial charge is 0.328 e. The van der Waals surface area contributed by atoms with Gasteiger partial charge >= 0.3 is 5.97 Å². The first-order valence-electron chi connectivity index (χ1n) is 5.80. The van der Waals surface area contributed by atoms with Crippen molar-refractivity contribution in [1.82, 2.24) is 0 Å². The fourth-order valence-electron chi connectivity index (χ4n) is 2.06. The fourth-order valence-corrected chi connectivity index (χ4v) is 2.06. The number of hydrogen-bond acceptors (Lipinski definition) is 6. The maximum Gasteiger partial charge on any atom is 0.328 e. The molecular formula is C12H11N3O5. The van der Waals surface area contributed by atoms with E-state index in [-0.39, 0.29) is 17.9 Å². The molecule has 1 N–H and O–H groups in total. The molecule has 1 heterocycles. The van der Waals surface area contributed by atoms with Crippen LogP contribution in [0.2, 0.25) is 0 Å². The number of nitriles is 1. The Bertz CT molecular complexity index is 595. The highest BCUT2D eigenvalue weighted by Crippen LogP contribution is 2.27. The van der Waals surface area contributed by atoms with Crippen molar-refractivity contribution in [2.75, 3.05) is 24.7 Å². The summed E-state index contributed by atoms with van der Waals surface area (Å²) in [6, 6.07) is 4.90. The lowest BCUT2D eigenvalue weighted by atomic mass is 10.1. The monoisotopic (exact) mass is 277 g/mol. The van der Waals surface area contributed by atoms with Gasteiger partial charge in [-0.1, -0.05) is 0 Å². The summed E-state index contributed by atoms with van der Waals surface area (Å²) in [4.78, 5) is 23.0. The van der Waals surface area contributed by atoms with Crippen LogP contribution in [0.1, 0.15) is 5.56 Å². The van der Waals surface area contributed by atoms with Crippen molar-refractivity contribution in [3.05, 3.63) is 33.9 Å². The number of carboxylic acid groups (broad SMARTS) is 1. The van der Waals surface area contributed by atoms with Crippen LogP contribution in [0.5, 0.6) is 0 Å². The lowest BCUT2D eigenvalue weighted by molar-refractivity contribution is -0.385. The van der Waals surface area contributed by atoms with Gasteiger partial charge in [0.2, 0.25) is 0 Å². The molecule has 8 heteroatoms. The molecule has 1 atom stereocenters. The second-order valence-electron chi connectivity index (χ2n) is 4.19. The summed E-state index contributed by atoms with van der Waals surface area (Å²) < 4.78 is 5.11. The highest BCUT2D eigenvalue weighted by molar-refractivity contribution is 5.79. The van der Waals surface area contributed by atoms with E-state index in [2.05, 4.69) is 0 Å². The number of rotatable bonds is 3. The molecule has 0 aromatic heterocycles. The molecule has 0 saturated carbocycles. The summed E-state index contributed by atoms with van der Waals surface area (Å²) in [5, 5.41) is 28.9. The Morgan fingerprint density at radius 3 is 2.95 bits per heavy atom. The van der Waals surface area contributed by atoms with E-state index < -0.39 is 16.9 Å². The zero-order chi connectivity index (χ0) is 14.7. The van der Waals surface area contributed by atoms with Gasteiger partial charge in [-0.25, -0.2) is 4.79 Å². The molecule has 0 spiro atoms. The van der Waals surface area contributed by atoms with Gasteiger partial charge in [-0.3, -0.25) is 10.1 Å². The minimum Gasteiger partial charge on any atom is -0.480 e. The van der Waals surface area contributed by atoms with E-state index in [1.165, 1.54) is 23.1 Å². The minimum absolute atomic E-state index is 0.0170. The Hall–Kier alpha value is -2.66. The van der Waals surface area contributed by atoms with Gasteiger partial charge in [-0.2, -0.15) is 5.26 Å². The van der Waals surface area contributed by atoms with Crippen LogP contribution < -0.4 is 4.90 Å². The summed E-state index contributed by atoms with van der Waals surface area (Å²) in [6.07, 6.45) is 0. The zero-order valence-corrected chi connectivity index (χ0v) is 10.4. The average molecular weight is 277 g/mol. The predicted octanol–water partition coefficient (Wildman–Crippen LogP) is 0.756. The van der Waals surface area contributed by atoms with Crippen molar-refractivity contribution in [2.45, 2.75) is 6.04 Å². The first kappa shape index (κ1) is 13.8. The Morgan fingerprint density at radius 2 is 2.35 bits per heavy atom.